The van der Waals surface area contributed by atoms with E-state index >= 15 is 0 Å². The van der Waals surface area contributed by atoms with Crippen molar-refractivity contribution < 1.29 is 27.4 Å². The van der Waals surface area contributed by atoms with Gasteiger partial charge in [0.25, 0.3) is 5.91 Å². The Balaban J connectivity index is 2.04. The number of nitrogens with zero attached hydrogens (tertiary/aromatic N) is 1. The van der Waals surface area contributed by atoms with Gasteiger partial charge >= 0.3 is 6.36 Å². The van der Waals surface area contributed by atoms with E-state index in [2.05, 4.69) is 4.74 Å². The van der Waals surface area contributed by atoms with Crippen molar-refractivity contribution in [1.29, 1.82) is 0 Å². The van der Waals surface area contributed by atoms with Crippen molar-refractivity contribution in [3.8, 4) is 5.75 Å². The van der Waals surface area contributed by atoms with E-state index < -0.39 is 6.36 Å². The highest BCUT2D eigenvalue weighted by Gasteiger charge is 2.31. The molecule has 1 fully saturated rings. The average molecular weight is 289 g/mol. The van der Waals surface area contributed by atoms with Gasteiger partial charge in [-0.25, -0.2) is 0 Å². The Morgan fingerprint density at radius 1 is 1.35 bits per heavy atom. The summed E-state index contributed by atoms with van der Waals surface area (Å²) in [5.74, 6) is -0.567. The molecule has 0 radical (unpaired) electrons. The van der Waals surface area contributed by atoms with Crippen molar-refractivity contribution in [2.24, 2.45) is 0 Å². The zero-order valence-electron chi connectivity index (χ0n) is 10.8. The lowest BCUT2D eigenvalue weighted by Gasteiger charge is -2.31. The van der Waals surface area contributed by atoms with E-state index in [4.69, 9.17) is 4.74 Å². The molecule has 0 aromatic heterocycles. The number of hydrogen-bond acceptors (Lipinski definition) is 3. The smallest absolute Gasteiger partial charge is 0.406 e. The number of halogens is 3. The fourth-order valence-corrected chi connectivity index (χ4v) is 1.98. The summed E-state index contributed by atoms with van der Waals surface area (Å²) in [6.45, 7) is 3.27. The van der Waals surface area contributed by atoms with Crippen LogP contribution in [0.2, 0.25) is 0 Å². The van der Waals surface area contributed by atoms with Crippen LogP contribution in [0.4, 0.5) is 13.2 Å². The molecule has 1 unspecified atom stereocenters. The molecular formula is C13H14F3NO3. The van der Waals surface area contributed by atoms with Crippen LogP contribution in [0.15, 0.2) is 24.3 Å². The van der Waals surface area contributed by atoms with Gasteiger partial charge in [-0.2, -0.15) is 0 Å². The van der Waals surface area contributed by atoms with Crippen LogP contribution < -0.4 is 4.74 Å². The summed E-state index contributed by atoms with van der Waals surface area (Å²) in [7, 11) is 0. The molecule has 1 aromatic carbocycles. The molecule has 1 heterocycles. The topological polar surface area (TPSA) is 38.8 Å². The first-order valence-electron chi connectivity index (χ1n) is 6.12. The number of carbonyl (C=O) groups is 1. The molecule has 110 valence electrons. The third-order valence-electron chi connectivity index (χ3n) is 2.86. The van der Waals surface area contributed by atoms with Crippen LogP contribution in [-0.2, 0) is 4.74 Å². The Bertz CT molecular complexity index is 473. The predicted molar refractivity (Wildman–Crippen MR) is 64.4 cm³/mol. The summed E-state index contributed by atoms with van der Waals surface area (Å²) >= 11 is 0. The molecule has 0 spiro atoms. The Kier molecular flexibility index (Phi) is 4.17. The van der Waals surface area contributed by atoms with Gasteiger partial charge in [0.2, 0.25) is 0 Å². The molecule has 4 nitrogen and oxygen atoms in total. The molecule has 0 aliphatic carbocycles. The molecule has 0 N–H and O–H groups in total. The van der Waals surface area contributed by atoms with Gasteiger partial charge in [0.1, 0.15) is 5.75 Å². The maximum absolute atomic E-state index is 12.1. The number of morpholine rings is 1. The van der Waals surface area contributed by atoms with Crippen molar-refractivity contribution >= 4 is 5.91 Å². The molecule has 1 aliphatic rings. The number of rotatable bonds is 2. The van der Waals surface area contributed by atoms with Crippen LogP contribution in [0.5, 0.6) is 5.75 Å². The minimum Gasteiger partial charge on any atom is -0.406 e. The summed E-state index contributed by atoms with van der Waals surface area (Å²) in [6, 6.07) is 4.91. The van der Waals surface area contributed by atoms with E-state index in [1.54, 1.807) is 4.90 Å². The zero-order chi connectivity index (χ0) is 14.8. The van der Waals surface area contributed by atoms with Crippen LogP contribution in [0, 0.1) is 0 Å². The number of benzene rings is 1. The van der Waals surface area contributed by atoms with Crippen LogP contribution in [-0.4, -0.2) is 43.0 Å². The quantitative estimate of drug-likeness (QED) is 0.839. The van der Waals surface area contributed by atoms with Gasteiger partial charge in [-0.3, -0.25) is 4.79 Å². The lowest BCUT2D eigenvalue weighted by molar-refractivity contribution is -0.274. The van der Waals surface area contributed by atoms with E-state index in [1.807, 2.05) is 6.92 Å². The van der Waals surface area contributed by atoms with E-state index in [9.17, 15) is 18.0 Å². The van der Waals surface area contributed by atoms with E-state index in [0.29, 0.717) is 25.3 Å². The maximum Gasteiger partial charge on any atom is 0.573 e. The van der Waals surface area contributed by atoms with Crippen molar-refractivity contribution in [3.63, 3.8) is 0 Å². The summed E-state index contributed by atoms with van der Waals surface area (Å²) in [5.41, 5.74) is 0.327. The monoisotopic (exact) mass is 289 g/mol. The third kappa shape index (κ3) is 3.86. The number of carbonyl (C=O) groups excluding carboxylic acids is 1. The fraction of sp³-hybridized carbons (Fsp3) is 0.462. The van der Waals surface area contributed by atoms with Gasteiger partial charge in [-0.1, -0.05) is 0 Å². The van der Waals surface area contributed by atoms with Gasteiger partial charge in [0.05, 0.1) is 12.7 Å². The van der Waals surface area contributed by atoms with Gasteiger partial charge < -0.3 is 14.4 Å². The highest BCUT2D eigenvalue weighted by molar-refractivity contribution is 5.94. The van der Waals surface area contributed by atoms with Crippen molar-refractivity contribution in [1.82, 2.24) is 4.90 Å². The Morgan fingerprint density at radius 2 is 2.00 bits per heavy atom. The largest absolute Gasteiger partial charge is 0.573 e. The predicted octanol–water partition coefficient (Wildman–Crippen LogP) is 2.45. The van der Waals surface area contributed by atoms with Gasteiger partial charge in [-0.05, 0) is 31.2 Å². The lowest BCUT2D eigenvalue weighted by Crippen LogP contribution is -2.44. The van der Waals surface area contributed by atoms with Crippen LogP contribution in [0.1, 0.15) is 17.3 Å². The first-order valence-corrected chi connectivity index (χ1v) is 6.12. The normalized spacial score (nSPS) is 19.8. The van der Waals surface area contributed by atoms with Crippen LogP contribution in [0.25, 0.3) is 0 Å². The second-order valence-corrected chi connectivity index (χ2v) is 4.50. The molecule has 0 saturated carbocycles. The van der Waals surface area contributed by atoms with Gasteiger partial charge in [0.15, 0.2) is 0 Å². The van der Waals surface area contributed by atoms with Crippen molar-refractivity contribution in [2.75, 3.05) is 19.7 Å². The minimum absolute atomic E-state index is 0.0412. The Morgan fingerprint density at radius 3 is 2.55 bits per heavy atom. The first-order chi connectivity index (χ1) is 9.35. The SMILES string of the molecule is CC1CN(C(=O)c2ccc(OC(F)(F)F)cc2)CCO1. The standard InChI is InChI=1S/C13H14F3NO3/c1-9-8-17(6-7-19-9)12(18)10-2-4-11(5-3-10)20-13(14,15)16/h2-5,9H,6-8H2,1H3. The Labute approximate surface area is 114 Å². The first kappa shape index (κ1) is 14.6. The van der Waals surface area contributed by atoms with Crippen molar-refractivity contribution in [2.45, 2.75) is 19.4 Å². The zero-order valence-corrected chi connectivity index (χ0v) is 10.8. The second-order valence-electron chi connectivity index (χ2n) is 4.50. The molecule has 1 aliphatic heterocycles. The molecule has 1 saturated heterocycles. The minimum atomic E-state index is -4.73. The molecular weight excluding hydrogens is 275 g/mol. The lowest BCUT2D eigenvalue weighted by atomic mass is 10.1. The van der Waals surface area contributed by atoms with E-state index in [0.717, 1.165) is 12.1 Å². The average Bonchev–Trinajstić information content (AvgIpc) is 2.37. The number of alkyl halides is 3. The summed E-state index contributed by atoms with van der Waals surface area (Å²) < 4.78 is 45.2. The Hall–Kier alpha value is -1.76. The summed E-state index contributed by atoms with van der Waals surface area (Å²) in [4.78, 5) is 13.8. The van der Waals surface area contributed by atoms with Gasteiger partial charge in [-0.15, -0.1) is 13.2 Å². The van der Waals surface area contributed by atoms with Crippen LogP contribution in [0.3, 0.4) is 0 Å². The molecule has 20 heavy (non-hydrogen) atoms. The molecule has 1 atom stereocenters. The third-order valence-corrected chi connectivity index (χ3v) is 2.86. The van der Waals surface area contributed by atoms with E-state index in [1.165, 1.54) is 12.1 Å². The maximum atomic E-state index is 12.1. The molecule has 1 aromatic rings. The number of hydrogen-bond donors (Lipinski definition) is 0. The van der Waals surface area contributed by atoms with Crippen LogP contribution >= 0.6 is 0 Å². The molecule has 2 rings (SSSR count). The second kappa shape index (κ2) is 5.70. The summed E-state index contributed by atoms with van der Waals surface area (Å²) in [6.07, 6.45) is -4.77. The number of amides is 1. The molecule has 0 bridgehead atoms. The molecule has 7 heteroatoms. The highest BCUT2D eigenvalue weighted by atomic mass is 19.4. The number of ether oxygens (including phenoxy) is 2. The van der Waals surface area contributed by atoms with Gasteiger partial charge in [0, 0.05) is 18.7 Å². The highest BCUT2D eigenvalue weighted by Crippen LogP contribution is 2.23. The fourth-order valence-electron chi connectivity index (χ4n) is 1.98. The van der Waals surface area contributed by atoms with Crippen molar-refractivity contribution in [3.05, 3.63) is 29.8 Å². The molecule has 1 amide bonds. The van der Waals surface area contributed by atoms with E-state index in [-0.39, 0.29) is 17.8 Å². The summed E-state index contributed by atoms with van der Waals surface area (Å²) in [5, 5.41) is 0.